The third kappa shape index (κ3) is 4.34. The van der Waals surface area contributed by atoms with Crippen LogP contribution in [0.3, 0.4) is 0 Å². The number of hydrogen-bond donors (Lipinski definition) is 0. The summed E-state index contributed by atoms with van der Waals surface area (Å²) in [6.45, 7) is 6.33. The van der Waals surface area contributed by atoms with E-state index in [9.17, 15) is 14.9 Å². The molecule has 1 aromatic heterocycles. The number of carbonyl (C=O) groups is 1. The predicted molar refractivity (Wildman–Crippen MR) is 139 cm³/mol. The molecule has 3 aromatic rings. The number of nitrogens with zero attached hydrogens (tertiary/aromatic N) is 5. The monoisotopic (exact) mass is 483 g/mol. The minimum Gasteiger partial charge on any atom is -0.265 e. The maximum absolute atomic E-state index is 13.8. The second kappa shape index (κ2) is 9.53. The Balaban J connectivity index is 1.60. The SMILES string of the molecule is CCn1cc([N+](=O)[O-])c(C(=O)N2N=C3/C(=C/c4ccc(C)cc4)CCCC3C2c2ccc(C)cc2)n1. The molecule has 36 heavy (non-hydrogen) atoms. The van der Waals surface area contributed by atoms with Crippen molar-refractivity contribution in [1.82, 2.24) is 14.8 Å². The van der Waals surface area contributed by atoms with Gasteiger partial charge < -0.3 is 0 Å². The van der Waals surface area contributed by atoms with Gasteiger partial charge in [0.05, 0.1) is 16.7 Å². The molecule has 8 heteroatoms. The second-order valence-electron chi connectivity index (χ2n) is 9.55. The Hall–Kier alpha value is -4.07. The number of hydrazone groups is 1. The van der Waals surface area contributed by atoms with Crippen molar-refractivity contribution in [2.45, 2.75) is 52.6 Å². The van der Waals surface area contributed by atoms with Crippen molar-refractivity contribution >= 4 is 23.4 Å². The highest BCUT2D eigenvalue weighted by Crippen LogP contribution is 2.45. The van der Waals surface area contributed by atoms with E-state index >= 15 is 0 Å². The lowest BCUT2D eigenvalue weighted by Gasteiger charge is -2.29. The lowest BCUT2D eigenvalue weighted by atomic mass is 9.77. The van der Waals surface area contributed by atoms with Gasteiger partial charge in [-0.1, -0.05) is 59.7 Å². The number of aromatic nitrogens is 2. The van der Waals surface area contributed by atoms with E-state index in [1.165, 1.54) is 21.5 Å². The molecule has 1 aliphatic carbocycles. The summed E-state index contributed by atoms with van der Waals surface area (Å²) < 4.78 is 1.42. The Morgan fingerprint density at radius 1 is 1.11 bits per heavy atom. The van der Waals surface area contributed by atoms with E-state index in [1.54, 1.807) is 0 Å². The molecule has 0 N–H and O–H groups in total. The predicted octanol–water partition coefficient (Wildman–Crippen LogP) is 5.86. The maximum atomic E-state index is 13.8. The van der Waals surface area contributed by atoms with E-state index in [4.69, 9.17) is 5.10 Å². The van der Waals surface area contributed by atoms with Crippen LogP contribution in [-0.2, 0) is 6.54 Å². The summed E-state index contributed by atoms with van der Waals surface area (Å²) in [5, 5.41) is 22.3. The van der Waals surface area contributed by atoms with Crippen LogP contribution in [0.2, 0.25) is 0 Å². The summed E-state index contributed by atoms with van der Waals surface area (Å²) in [5.74, 6) is -0.537. The van der Waals surface area contributed by atoms with E-state index in [1.807, 2.05) is 38.1 Å². The molecule has 0 spiro atoms. The van der Waals surface area contributed by atoms with Crippen LogP contribution in [-0.4, -0.2) is 31.3 Å². The van der Waals surface area contributed by atoms with Crippen LogP contribution < -0.4 is 0 Å². The zero-order valence-corrected chi connectivity index (χ0v) is 20.7. The summed E-state index contributed by atoms with van der Waals surface area (Å²) in [5.41, 5.74) is 5.90. The molecule has 1 aliphatic heterocycles. The molecule has 2 aliphatic rings. The Morgan fingerprint density at radius 3 is 2.42 bits per heavy atom. The molecule has 0 bridgehead atoms. The summed E-state index contributed by atoms with van der Waals surface area (Å²) in [7, 11) is 0. The highest BCUT2D eigenvalue weighted by atomic mass is 16.6. The van der Waals surface area contributed by atoms with Crippen LogP contribution in [0.1, 0.15) is 65.0 Å². The number of nitro groups is 1. The average molecular weight is 484 g/mol. The average Bonchev–Trinajstić information content (AvgIpc) is 3.49. The topological polar surface area (TPSA) is 93.6 Å². The number of fused-ring (bicyclic) bond motifs is 1. The van der Waals surface area contributed by atoms with Gasteiger partial charge >= 0.3 is 11.6 Å². The van der Waals surface area contributed by atoms with Crippen molar-refractivity contribution in [1.29, 1.82) is 0 Å². The number of amides is 1. The molecular formula is C28H29N5O3. The number of hydrogen-bond acceptors (Lipinski definition) is 5. The zero-order valence-electron chi connectivity index (χ0n) is 20.7. The fraction of sp³-hybridized carbons (Fsp3) is 0.321. The van der Waals surface area contributed by atoms with E-state index in [2.05, 4.69) is 42.4 Å². The fourth-order valence-corrected chi connectivity index (χ4v) is 5.10. The first-order valence-corrected chi connectivity index (χ1v) is 12.3. The molecule has 2 atom stereocenters. The van der Waals surface area contributed by atoms with Gasteiger partial charge in [0.25, 0.3) is 0 Å². The summed E-state index contributed by atoms with van der Waals surface area (Å²) in [4.78, 5) is 25.0. The Bertz CT molecular complexity index is 1370. The third-order valence-corrected chi connectivity index (χ3v) is 7.01. The standard InChI is InChI=1S/C28H29N5O3/c1-4-31-17-24(33(35)36)26(29-31)28(34)32-27(21-14-10-19(3)11-15-21)23-7-5-6-22(25(23)30-32)16-20-12-8-18(2)9-13-20/h8-17,23,27H,4-7H2,1-3H3/b22-16+. The van der Waals surface area contributed by atoms with Crippen LogP contribution in [0, 0.1) is 29.9 Å². The second-order valence-corrected chi connectivity index (χ2v) is 9.55. The summed E-state index contributed by atoms with van der Waals surface area (Å²) in [6.07, 6.45) is 6.21. The number of aryl methyl sites for hydroxylation is 3. The lowest BCUT2D eigenvalue weighted by molar-refractivity contribution is -0.385. The molecular weight excluding hydrogens is 454 g/mol. The van der Waals surface area contributed by atoms with Gasteiger partial charge in [-0.3, -0.25) is 19.6 Å². The van der Waals surface area contributed by atoms with E-state index in [0.717, 1.165) is 47.2 Å². The zero-order chi connectivity index (χ0) is 25.4. The van der Waals surface area contributed by atoms with Gasteiger partial charge in [-0.15, -0.1) is 0 Å². The quantitative estimate of drug-likeness (QED) is 0.335. The van der Waals surface area contributed by atoms with Crippen molar-refractivity contribution in [2.75, 3.05) is 0 Å². The van der Waals surface area contributed by atoms with E-state index in [-0.39, 0.29) is 23.3 Å². The number of benzene rings is 2. The molecule has 2 heterocycles. The molecule has 1 fully saturated rings. The van der Waals surface area contributed by atoms with Gasteiger partial charge in [-0.05, 0) is 62.8 Å². The van der Waals surface area contributed by atoms with Gasteiger partial charge in [-0.25, -0.2) is 5.01 Å². The lowest BCUT2D eigenvalue weighted by Crippen LogP contribution is -2.32. The van der Waals surface area contributed by atoms with Gasteiger partial charge in [0, 0.05) is 12.5 Å². The number of allylic oxidation sites excluding steroid dienone is 1. The van der Waals surface area contributed by atoms with Crippen molar-refractivity contribution < 1.29 is 9.72 Å². The maximum Gasteiger partial charge on any atom is 0.320 e. The van der Waals surface area contributed by atoms with Crippen molar-refractivity contribution in [3.05, 3.63) is 98.4 Å². The Kier molecular flexibility index (Phi) is 6.26. The third-order valence-electron chi connectivity index (χ3n) is 7.01. The first kappa shape index (κ1) is 23.7. The van der Waals surface area contributed by atoms with Crippen LogP contribution in [0.4, 0.5) is 5.69 Å². The highest BCUT2D eigenvalue weighted by Gasteiger charge is 2.45. The van der Waals surface area contributed by atoms with Gasteiger partial charge in [0.15, 0.2) is 0 Å². The van der Waals surface area contributed by atoms with Crippen molar-refractivity contribution in [2.24, 2.45) is 11.0 Å². The fourth-order valence-electron chi connectivity index (χ4n) is 5.10. The van der Waals surface area contributed by atoms with Crippen molar-refractivity contribution in [3.63, 3.8) is 0 Å². The highest BCUT2D eigenvalue weighted by molar-refractivity contribution is 6.09. The Morgan fingerprint density at radius 2 is 1.78 bits per heavy atom. The van der Waals surface area contributed by atoms with Gasteiger partial charge in [-0.2, -0.15) is 10.2 Å². The molecule has 184 valence electrons. The molecule has 1 amide bonds. The first-order valence-electron chi connectivity index (χ1n) is 12.3. The largest absolute Gasteiger partial charge is 0.320 e. The molecule has 0 saturated heterocycles. The molecule has 8 nitrogen and oxygen atoms in total. The molecule has 0 radical (unpaired) electrons. The van der Waals surface area contributed by atoms with Crippen LogP contribution in [0.25, 0.3) is 6.08 Å². The smallest absolute Gasteiger partial charge is 0.265 e. The van der Waals surface area contributed by atoms with Crippen LogP contribution >= 0.6 is 0 Å². The van der Waals surface area contributed by atoms with Gasteiger partial charge in [0.1, 0.15) is 6.20 Å². The van der Waals surface area contributed by atoms with Crippen LogP contribution in [0.5, 0.6) is 0 Å². The summed E-state index contributed by atoms with van der Waals surface area (Å²) in [6, 6.07) is 16.1. The van der Waals surface area contributed by atoms with Gasteiger partial charge in [0.2, 0.25) is 5.69 Å². The molecule has 2 unspecified atom stereocenters. The van der Waals surface area contributed by atoms with E-state index < -0.39 is 10.8 Å². The van der Waals surface area contributed by atoms with Crippen molar-refractivity contribution in [3.8, 4) is 0 Å². The number of carbonyl (C=O) groups excluding carboxylic acids is 1. The van der Waals surface area contributed by atoms with E-state index in [0.29, 0.717) is 6.54 Å². The molecule has 2 aromatic carbocycles. The minimum absolute atomic E-state index is 0.00872. The minimum atomic E-state index is -0.549. The normalized spacial score (nSPS) is 20.4. The first-order chi connectivity index (χ1) is 17.4. The molecule has 1 saturated carbocycles. The number of rotatable bonds is 5. The molecule has 5 rings (SSSR count). The Labute approximate surface area is 210 Å². The van der Waals surface area contributed by atoms with Crippen LogP contribution in [0.15, 0.2) is 65.4 Å². The summed E-state index contributed by atoms with van der Waals surface area (Å²) >= 11 is 0.